The molecule has 0 N–H and O–H groups in total. The third-order valence-corrected chi connectivity index (χ3v) is 5.01. The molecule has 1 saturated heterocycles. The van der Waals surface area contributed by atoms with Crippen LogP contribution in [0.1, 0.15) is 6.92 Å². The molecule has 0 bridgehead atoms. The van der Waals surface area contributed by atoms with Gasteiger partial charge in [0.1, 0.15) is 5.75 Å². The van der Waals surface area contributed by atoms with E-state index in [0.717, 1.165) is 31.9 Å². The van der Waals surface area contributed by atoms with E-state index in [9.17, 15) is 0 Å². The maximum Gasteiger partial charge on any atom is 0.127 e. The maximum absolute atomic E-state index is 5.75. The van der Waals surface area contributed by atoms with Gasteiger partial charge >= 0.3 is 0 Å². The Labute approximate surface area is 131 Å². The standard InChI is InChI=1S/C17H22N2OS/c1-3-20-16-8-4-7-15-14(16)6-5-9-17(15)21-19-12-10-18(2)11-13-19/h4-9H,3,10-13H2,1-2H3. The summed E-state index contributed by atoms with van der Waals surface area (Å²) in [4.78, 5) is 3.70. The van der Waals surface area contributed by atoms with Crippen LogP contribution >= 0.6 is 11.9 Å². The monoisotopic (exact) mass is 302 g/mol. The van der Waals surface area contributed by atoms with Gasteiger partial charge in [0.25, 0.3) is 0 Å². The molecule has 3 nitrogen and oxygen atoms in total. The number of rotatable bonds is 4. The second kappa shape index (κ2) is 6.69. The lowest BCUT2D eigenvalue weighted by Gasteiger charge is -2.31. The average molecular weight is 302 g/mol. The topological polar surface area (TPSA) is 15.7 Å². The number of benzene rings is 2. The van der Waals surface area contributed by atoms with Crippen molar-refractivity contribution in [3.63, 3.8) is 0 Å². The molecule has 21 heavy (non-hydrogen) atoms. The van der Waals surface area contributed by atoms with Gasteiger partial charge in [-0.2, -0.15) is 0 Å². The molecule has 0 aromatic heterocycles. The van der Waals surface area contributed by atoms with Gasteiger partial charge in [0.05, 0.1) is 6.61 Å². The highest BCUT2D eigenvalue weighted by atomic mass is 32.2. The summed E-state index contributed by atoms with van der Waals surface area (Å²) in [6.07, 6.45) is 0. The van der Waals surface area contributed by atoms with Gasteiger partial charge in [0.2, 0.25) is 0 Å². The number of piperazine rings is 1. The first-order valence-corrected chi connectivity index (χ1v) is 8.31. The normalized spacial score (nSPS) is 17.2. The molecule has 1 aliphatic heterocycles. The molecule has 1 aliphatic rings. The van der Waals surface area contributed by atoms with Crippen molar-refractivity contribution < 1.29 is 4.74 Å². The zero-order valence-corrected chi connectivity index (χ0v) is 13.5. The van der Waals surface area contributed by atoms with Gasteiger partial charge in [-0.15, -0.1) is 0 Å². The predicted molar refractivity (Wildman–Crippen MR) is 90.0 cm³/mol. The molecule has 1 fully saturated rings. The van der Waals surface area contributed by atoms with E-state index >= 15 is 0 Å². The van der Waals surface area contributed by atoms with Crippen LogP contribution in [0.5, 0.6) is 5.75 Å². The average Bonchev–Trinajstić information content (AvgIpc) is 2.51. The third kappa shape index (κ3) is 3.34. The Bertz CT molecular complexity index is 609. The molecule has 0 amide bonds. The van der Waals surface area contributed by atoms with Gasteiger partial charge < -0.3 is 9.64 Å². The predicted octanol–water partition coefficient (Wildman–Crippen LogP) is 3.49. The lowest BCUT2D eigenvalue weighted by Crippen LogP contribution is -2.40. The molecule has 0 aliphatic carbocycles. The highest BCUT2D eigenvalue weighted by molar-refractivity contribution is 7.97. The van der Waals surface area contributed by atoms with Gasteiger partial charge in [-0.3, -0.25) is 0 Å². The van der Waals surface area contributed by atoms with Gasteiger partial charge in [0.15, 0.2) is 0 Å². The Balaban J connectivity index is 1.87. The number of hydrogen-bond donors (Lipinski definition) is 0. The first-order chi connectivity index (χ1) is 10.3. The Hall–Kier alpha value is -1.23. The molecule has 0 atom stereocenters. The number of likely N-dealkylation sites (N-methyl/N-ethyl adjacent to an activating group) is 1. The van der Waals surface area contributed by atoms with E-state index in [-0.39, 0.29) is 0 Å². The van der Waals surface area contributed by atoms with Gasteiger partial charge in [-0.05, 0) is 38.1 Å². The van der Waals surface area contributed by atoms with E-state index in [4.69, 9.17) is 4.74 Å². The van der Waals surface area contributed by atoms with Crippen molar-refractivity contribution >= 4 is 22.7 Å². The molecule has 3 rings (SSSR count). The van der Waals surface area contributed by atoms with Crippen LogP contribution in [0, 0.1) is 0 Å². The zero-order chi connectivity index (χ0) is 14.7. The molecular weight excluding hydrogens is 280 g/mol. The van der Waals surface area contributed by atoms with Crippen molar-refractivity contribution in [3.8, 4) is 5.75 Å². The van der Waals surface area contributed by atoms with Crippen molar-refractivity contribution in [1.29, 1.82) is 0 Å². The summed E-state index contributed by atoms with van der Waals surface area (Å²) in [6.45, 7) is 7.24. The minimum absolute atomic E-state index is 0.703. The van der Waals surface area contributed by atoms with E-state index in [1.54, 1.807) is 0 Å². The SMILES string of the molecule is CCOc1cccc2c(SN3CCN(C)CC3)cccc12. The minimum Gasteiger partial charge on any atom is -0.493 e. The molecule has 2 aromatic rings. The number of fused-ring (bicyclic) bond motifs is 1. The van der Waals surface area contributed by atoms with Crippen LogP contribution in [-0.4, -0.2) is 49.0 Å². The van der Waals surface area contributed by atoms with Crippen molar-refractivity contribution in [1.82, 2.24) is 9.21 Å². The summed E-state index contributed by atoms with van der Waals surface area (Å²) < 4.78 is 8.21. The van der Waals surface area contributed by atoms with Crippen LogP contribution in [0.25, 0.3) is 10.8 Å². The molecule has 0 radical (unpaired) electrons. The first-order valence-electron chi connectivity index (χ1n) is 7.54. The quantitative estimate of drug-likeness (QED) is 0.803. The van der Waals surface area contributed by atoms with Crippen LogP contribution in [0.2, 0.25) is 0 Å². The number of ether oxygens (including phenoxy) is 1. The van der Waals surface area contributed by atoms with Crippen molar-refractivity contribution in [2.75, 3.05) is 39.8 Å². The molecular formula is C17H22N2OS. The Morgan fingerprint density at radius 1 is 1.00 bits per heavy atom. The number of nitrogens with zero attached hydrogens (tertiary/aromatic N) is 2. The minimum atomic E-state index is 0.703. The Morgan fingerprint density at radius 2 is 1.71 bits per heavy atom. The second-order valence-electron chi connectivity index (χ2n) is 5.36. The lowest BCUT2D eigenvalue weighted by molar-refractivity contribution is 0.233. The molecule has 112 valence electrons. The van der Waals surface area contributed by atoms with Crippen LogP contribution in [0.15, 0.2) is 41.3 Å². The summed E-state index contributed by atoms with van der Waals surface area (Å²) in [6, 6.07) is 12.8. The molecule has 2 aromatic carbocycles. The van der Waals surface area contributed by atoms with Gasteiger partial charge in [-0.1, -0.05) is 24.3 Å². The van der Waals surface area contributed by atoms with Crippen LogP contribution in [0.4, 0.5) is 0 Å². The van der Waals surface area contributed by atoms with Crippen molar-refractivity contribution in [2.24, 2.45) is 0 Å². The summed E-state index contributed by atoms with van der Waals surface area (Å²) in [7, 11) is 2.19. The highest BCUT2D eigenvalue weighted by Crippen LogP contribution is 2.34. The largest absolute Gasteiger partial charge is 0.493 e. The fourth-order valence-corrected chi connectivity index (χ4v) is 3.67. The maximum atomic E-state index is 5.75. The zero-order valence-electron chi connectivity index (χ0n) is 12.7. The lowest BCUT2D eigenvalue weighted by atomic mass is 10.1. The van der Waals surface area contributed by atoms with E-state index in [2.05, 4.69) is 52.7 Å². The van der Waals surface area contributed by atoms with E-state index in [1.165, 1.54) is 15.7 Å². The molecule has 0 spiro atoms. The van der Waals surface area contributed by atoms with Gasteiger partial charge in [-0.25, -0.2) is 4.31 Å². The van der Waals surface area contributed by atoms with Crippen LogP contribution in [0.3, 0.4) is 0 Å². The van der Waals surface area contributed by atoms with E-state index in [1.807, 2.05) is 18.9 Å². The fraction of sp³-hybridized carbons (Fsp3) is 0.412. The molecule has 0 saturated carbocycles. The molecule has 4 heteroatoms. The van der Waals surface area contributed by atoms with Crippen LogP contribution in [-0.2, 0) is 0 Å². The summed E-state index contributed by atoms with van der Waals surface area (Å²) in [5, 5.41) is 2.49. The van der Waals surface area contributed by atoms with Crippen molar-refractivity contribution in [2.45, 2.75) is 11.8 Å². The third-order valence-electron chi connectivity index (χ3n) is 3.83. The second-order valence-corrected chi connectivity index (χ2v) is 6.50. The van der Waals surface area contributed by atoms with E-state index < -0.39 is 0 Å². The smallest absolute Gasteiger partial charge is 0.127 e. The molecule has 0 unspecified atom stereocenters. The van der Waals surface area contributed by atoms with Crippen molar-refractivity contribution in [3.05, 3.63) is 36.4 Å². The molecule has 1 heterocycles. The first kappa shape index (κ1) is 14.7. The van der Waals surface area contributed by atoms with Gasteiger partial charge in [0, 0.05) is 41.8 Å². The fourth-order valence-electron chi connectivity index (χ4n) is 2.63. The summed E-state index contributed by atoms with van der Waals surface area (Å²) >= 11 is 1.87. The number of hydrogen-bond acceptors (Lipinski definition) is 4. The Morgan fingerprint density at radius 3 is 2.48 bits per heavy atom. The van der Waals surface area contributed by atoms with E-state index in [0.29, 0.717) is 6.61 Å². The van der Waals surface area contributed by atoms with Crippen LogP contribution < -0.4 is 4.74 Å². The summed E-state index contributed by atoms with van der Waals surface area (Å²) in [5.74, 6) is 0.982. The summed E-state index contributed by atoms with van der Waals surface area (Å²) in [5.41, 5.74) is 0. The Kier molecular flexibility index (Phi) is 4.68. The highest BCUT2D eigenvalue weighted by Gasteiger charge is 2.16.